The van der Waals surface area contributed by atoms with Gasteiger partial charge in [-0.2, -0.15) is 0 Å². The maximum atomic E-state index is 12.9. The molecule has 6 nitrogen and oxygen atoms in total. The second-order valence-corrected chi connectivity index (χ2v) is 19.9. The smallest absolute Gasteiger partial charge is 0.306 e. The van der Waals surface area contributed by atoms with Crippen LogP contribution in [-0.2, 0) is 28.6 Å². The Labute approximate surface area is 456 Å². The van der Waals surface area contributed by atoms with Crippen molar-refractivity contribution < 1.29 is 28.6 Å². The highest BCUT2D eigenvalue weighted by Gasteiger charge is 2.19. The number of esters is 3. The van der Waals surface area contributed by atoms with Crippen LogP contribution < -0.4 is 0 Å². The fourth-order valence-corrected chi connectivity index (χ4v) is 8.08. The summed E-state index contributed by atoms with van der Waals surface area (Å²) >= 11 is 0. The molecular formula is C68H112O6. The van der Waals surface area contributed by atoms with E-state index in [1.54, 1.807) is 0 Å². The first-order valence-electron chi connectivity index (χ1n) is 30.5. The van der Waals surface area contributed by atoms with Crippen LogP contribution in [0.15, 0.2) is 122 Å². The zero-order valence-electron chi connectivity index (χ0n) is 48.1. The predicted octanol–water partition coefficient (Wildman–Crippen LogP) is 20.8. The van der Waals surface area contributed by atoms with Crippen LogP contribution in [0.3, 0.4) is 0 Å². The van der Waals surface area contributed by atoms with Crippen LogP contribution in [-0.4, -0.2) is 37.2 Å². The van der Waals surface area contributed by atoms with Crippen LogP contribution >= 0.6 is 0 Å². The normalized spacial score (nSPS) is 13.0. The standard InChI is InChI=1S/C68H112O6/c1-4-7-10-13-16-19-22-24-26-28-30-31-32-33-34-35-36-37-38-40-41-43-46-49-52-55-58-61-67(70)73-64-65(63-72-66(69)60-57-54-51-48-45-21-18-15-12-9-6-3)74-68(71)62-59-56-53-50-47-44-42-39-29-27-25-23-20-17-14-11-8-5-2/h7,10,15-16,18-20,23-24,26-27,29-31,33-34,36-37,40-41,65H,4-6,8-9,11-14,17,21-22,25,28,32,35,38-39,42-64H2,1-3H3/b10-7-,18-15-,19-16-,23-20-,26-24-,29-27-,31-30-,34-33-,37-36-,41-40-. The summed E-state index contributed by atoms with van der Waals surface area (Å²) in [4.78, 5) is 38.2. The molecule has 0 rings (SSSR count). The van der Waals surface area contributed by atoms with E-state index in [1.807, 2.05) is 0 Å². The van der Waals surface area contributed by atoms with Crippen molar-refractivity contribution in [3.8, 4) is 0 Å². The predicted molar refractivity (Wildman–Crippen MR) is 320 cm³/mol. The van der Waals surface area contributed by atoms with E-state index < -0.39 is 6.10 Å². The van der Waals surface area contributed by atoms with E-state index in [1.165, 1.54) is 83.5 Å². The second-order valence-electron chi connectivity index (χ2n) is 19.9. The first kappa shape index (κ1) is 69.8. The van der Waals surface area contributed by atoms with Crippen LogP contribution in [0, 0.1) is 0 Å². The van der Waals surface area contributed by atoms with Gasteiger partial charge in [-0.1, -0.05) is 245 Å². The molecule has 0 heterocycles. The Morgan fingerprint density at radius 2 is 0.541 bits per heavy atom. The third-order valence-electron chi connectivity index (χ3n) is 12.7. The molecular weight excluding hydrogens is 913 g/mol. The van der Waals surface area contributed by atoms with E-state index in [4.69, 9.17) is 14.2 Å². The monoisotopic (exact) mass is 1020 g/mol. The van der Waals surface area contributed by atoms with Gasteiger partial charge in [-0.25, -0.2) is 0 Å². The summed E-state index contributed by atoms with van der Waals surface area (Å²) in [5.74, 6) is -0.930. The minimum Gasteiger partial charge on any atom is -0.462 e. The van der Waals surface area contributed by atoms with Crippen molar-refractivity contribution >= 4 is 17.9 Å². The van der Waals surface area contributed by atoms with Crippen molar-refractivity contribution in [2.24, 2.45) is 0 Å². The molecule has 6 heteroatoms. The SMILES string of the molecule is CC/C=C\C/C=C\C/C=C\C/C=C\C/C=C\C/C=C\C/C=C\CCCCCCCC(=O)OCC(COC(=O)CCCCCCC/C=C\CCCC)OC(=O)CCCCCCCCC/C=C\C/C=C\CCCCCC. The maximum absolute atomic E-state index is 12.9. The number of hydrogen-bond donors (Lipinski definition) is 0. The topological polar surface area (TPSA) is 78.9 Å². The van der Waals surface area contributed by atoms with Crippen LogP contribution in [0.5, 0.6) is 0 Å². The Kier molecular flexibility index (Phi) is 57.9. The van der Waals surface area contributed by atoms with Crippen LogP contribution in [0.25, 0.3) is 0 Å². The molecule has 0 radical (unpaired) electrons. The lowest BCUT2D eigenvalue weighted by atomic mass is 10.1. The summed E-state index contributed by atoms with van der Waals surface area (Å²) < 4.78 is 16.8. The summed E-state index contributed by atoms with van der Waals surface area (Å²) in [7, 11) is 0. The summed E-state index contributed by atoms with van der Waals surface area (Å²) in [6.07, 6.45) is 84.8. The molecule has 1 atom stereocenters. The van der Waals surface area contributed by atoms with Crippen LogP contribution in [0.1, 0.15) is 271 Å². The Balaban J connectivity index is 4.37. The molecule has 0 saturated heterocycles. The van der Waals surface area contributed by atoms with Crippen LogP contribution in [0.2, 0.25) is 0 Å². The Morgan fingerprint density at radius 1 is 0.284 bits per heavy atom. The van der Waals surface area contributed by atoms with Crippen LogP contribution in [0.4, 0.5) is 0 Å². The number of ether oxygens (including phenoxy) is 3. The van der Waals surface area contributed by atoms with Gasteiger partial charge in [0.05, 0.1) is 0 Å². The highest BCUT2D eigenvalue weighted by molar-refractivity contribution is 5.71. The van der Waals surface area contributed by atoms with Crippen molar-refractivity contribution in [2.75, 3.05) is 13.2 Å². The van der Waals surface area contributed by atoms with E-state index in [9.17, 15) is 14.4 Å². The van der Waals surface area contributed by atoms with Crippen molar-refractivity contribution in [1.29, 1.82) is 0 Å². The van der Waals surface area contributed by atoms with E-state index >= 15 is 0 Å². The summed E-state index contributed by atoms with van der Waals surface area (Å²) in [5.41, 5.74) is 0. The molecule has 420 valence electrons. The maximum Gasteiger partial charge on any atom is 0.306 e. The van der Waals surface area contributed by atoms with E-state index in [0.717, 1.165) is 148 Å². The summed E-state index contributed by atoms with van der Waals surface area (Å²) in [5, 5.41) is 0. The molecule has 0 aliphatic rings. The zero-order valence-corrected chi connectivity index (χ0v) is 48.1. The third kappa shape index (κ3) is 58.7. The fraction of sp³-hybridized carbons (Fsp3) is 0.662. The summed E-state index contributed by atoms with van der Waals surface area (Å²) in [6.45, 7) is 6.44. The molecule has 0 N–H and O–H groups in total. The van der Waals surface area contributed by atoms with E-state index in [2.05, 4.69) is 142 Å². The number of hydrogen-bond acceptors (Lipinski definition) is 6. The van der Waals surface area contributed by atoms with Gasteiger partial charge in [-0.3, -0.25) is 14.4 Å². The van der Waals surface area contributed by atoms with Gasteiger partial charge in [0.2, 0.25) is 0 Å². The summed E-state index contributed by atoms with van der Waals surface area (Å²) in [6, 6.07) is 0. The molecule has 0 aliphatic heterocycles. The minimum atomic E-state index is -0.797. The van der Waals surface area contributed by atoms with Gasteiger partial charge in [0.1, 0.15) is 13.2 Å². The minimum absolute atomic E-state index is 0.0942. The van der Waals surface area contributed by atoms with Gasteiger partial charge in [0.15, 0.2) is 6.10 Å². The zero-order chi connectivity index (χ0) is 53.6. The van der Waals surface area contributed by atoms with E-state index in [-0.39, 0.29) is 31.1 Å². The average molecular weight is 1030 g/mol. The number of allylic oxidation sites excluding steroid dienone is 20. The highest BCUT2D eigenvalue weighted by Crippen LogP contribution is 2.14. The average Bonchev–Trinajstić information content (AvgIpc) is 3.40. The number of rotatable bonds is 54. The van der Waals surface area contributed by atoms with Gasteiger partial charge in [0, 0.05) is 19.3 Å². The largest absolute Gasteiger partial charge is 0.462 e. The lowest BCUT2D eigenvalue weighted by Gasteiger charge is -2.18. The highest BCUT2D eigenvalue weighted by atomic mass is 16.6. The Morgan fingerprint density at radius 3 is 0.878 bits per heavy atom. The van der Waals surface area contributed by atoms with Gasteiger partial charge in [-0.05, 0) is 128 Å². The quantitative estimate of drug-likeness (QED) is 0.0261. The van der Waals surface area contributed by atoms with Crippen molar-refractivity contribution in [3.05, 3.63) is 122 Å². The lowest BCUT2D eigenvalue weighted by molar-refractivity contribution is -0.167. The Hall–Kier alpha value is -4.19. The molecule has 0 fully saturated rings. The van der Waals surface area contributed by atoms with Gasteiger partial charge < -0.3 is 14.2 Å². The third-order valence-corrected chi connectivity index (χ3v) is 12.7. The second kappa shape index (κ2) is 61.4. The number of carbonyl (C=O) groups excluding carboxylic acids is 3. The molecule has 0 amide bonds. The van der Waals surface area contributed by atoms with Gasteiger partial charge in [-0.15, -0.1) is 0 Å². The van der Waals surface area contributed by atoms with Crippen molar-refractivity contribution in [1.82, 2.24) is 0 Å². The molecule has 0 aromatic rings. The molecule has 0 saturated carbocycles. The molecule has 74 heavy (non-hydrogen) atoms. The fourth-order valence-electron chi connectivity index (χ4n) is 8.08. The molecule has 0 spiro atoms. The van der Waals surface area contributed by atoms with Crippen molar-refractivity contribution in [3.63, 3.8) is 0 Å². The molecule has 0 aromatic carbocycles. The van der Waals surface area contributed by atoms with Crippen molar-refractivity contribution in [2.45, 2.75) is 277 Å². The van der Waals surface area contributed by atoms with Gasteiger partial charge >= 0.3 is 17.9 Å². The Bertz CT molecular complexity index is 1550. The van der Waals surface area contributed by atoms with Gasteiger partial charge in [0.25, 0.3) is 0 Å². The lowest BCUT2D eigenvalue weighted by Crippen LogP contribution is -2.30. The first-order chi connectivity index (χ1) is 36.5. The number of carbonyl (C=O) groups is 3. The molecule has 0 aromatic heterocycles. The molecule has 1 unspecified atom stereocenters. The number of unbranched alkanes of at least 4 members (excludes halogenated alkanes) is 23. The first-order valence-corrected chi connectivity index (χ1v) is 30.5. The molecule has 0 bridgehead atoms. The van der Waals surface area contributed by atoms with E-state index in [0.29, 0.717) is 19.3 Å². The molecule has 0 aliphatic carbocycles.